The summed E-state index contributed by atoms with van der Waals surface area (Å²) in [4.78, 5) is 26.7. The van der Waals surface area contributed by atoms with Crippen molar-refractivity contribution in [2.24, 2.45) is 0 Å². The van der Waals surface area contributed by atoms with Crippen LogP contribution in [0.4, 0.5) is 0 Å². The molecule has 9 heteroatoms. The maximum Gasteiger partial charge on any atom is 0.338 e. The van der Waals surface area contributed by atoms with E-state index in [4.69, 9.17) is 28.4 Å². The number of hydrogen-bond acceptors (Lipinski definition) is 8. The highest BCUT2D eigenvalue weighted by molar-refractivity contribution is 6.76. The van der Waals surface area contributed by atoms with Crippen molar-refractivity contribution < 1.29 is 38.0 Å². The minimum absolute atomic E-state index is 0.0778. The summed E-state index contributed by atoms with van der Waals surface area (Å²) in [6.45, 7) is 17.5. The Hall–Kier alpha value is -3.76. The molecule has 1 aliphatic heterocycles. The van der Waals surface area contributed by atoms with Crippen LogP contribution in [0.3, 0.4) is 0 Å². The standard InChI is InChI=1S/C43H58O8Si/c1-30-27-31(2)39(42(45)47-25-26-52(7,8)9)35(28-30)18-14-20-38-40(51-43(4,5)50-38)37(49-41(44)34-16-11-10-12-17-34)19-13-15-32(3)48-29-33-21-23-36(46-6)24-22-33/h10-13,16-17,19,21-24,27-28,32,37-38,40H,14-15,18,20,25-26,29H2,1-9H3/b19-13-/t32-,37?,38-,40?/m0/s1. The summed E-state index contributed by atoms with van der Waals surface area (Å²) in [7, 11) is 0.310. The van der Waals surface area contributed by atoms with E-state index in [9.17, 15) is 9.59 Å². The first-order valence-corrected chi connectivity index (χ1v) is 22.1. The average Bonchev–Trinajstić information content (AvgIpc) is 3.40. The molecule has 0 radical (unpaired) electrons. The Morgan fingerprint density at radius 1 is 0.962 bits per heavy atom. The number of benzene rings is 3. The van der Waals surface area contributed by atoms with Gasteiger partial charge in [-0.2, -0.15) is 0 Å². The van der Waals surface area contributed by atoms with E-state index in [2.05, 4.69) is 25.7 Å². The monoisotopic (exact) mass is 730 g/mol. The van der Waals surface area contributed by atoms with Crippen molar-refractivity contribution in [1.29, 1.82) is 0 Å². The third-order valence-corrected chi connectivity index (χ3v) is 10.8. The zero-order valence-electron chi connectivity index (χ0n) is 32.5. The molecule has 0 aliphatic carbocycles. The Morgan fingerprint density at radius 2 is 1.67 bits per heavy atom. The molecule has 1 aliphatic rings. The molecule has 4 rings (SSSR count). The van der Waals surface area contributed by atoms with E-state index in [1.165, 1.54) is 0 Å². The van der Waals surface area contributed by atoms with Gasteiger partial charge in [-0.15, -0.1) is 0 Å². The van der Waals surface area contributed by atoms with E-state index in [1.54, 1.807) is 19.2 Å². The molecule has 0 aromatic heterocycles. The van der Waals surface area contributed by atoms with Gasteiger partial charge < -0.3 is 28.4 Å². The number of aryl methyl sites for hydroxylation is 3. The fourth-order valence-electron chi connectivity index (χ4n) is 6.34. The van der Waals surface area contributed by atoms with Crippen LogP contribution in [0.1, 0.15) is 83.0 Å². The molecule has 1 saturated heterocycles. The lowest BCUT2D eigenvalue weighted by Gasteiger charge is -2.25. The highest BCUT2D eigenvalue weighted by Crippen LogP contribution is 2.35. The number of rotatable bonds is 18. The zero-order chi connectivity index (χ0) is 37.9. The third kappa shape index (κ3) is 12.7. The Kier molecular flexibility index (Phi) is 14.8. The SMILES string of the molecule is COc1ccc(CO[C@@H](C)C/C=C\C(OC(=O)c2ccccc2)C2OC(C)(C)O[C@H]2CCCc2cc(C)cc(C)c2C(=O)OCC[Si](C)(C)C)cc1. The maximum atomic E-state index is 13.3. The van der Waals surface area contributed by atoms with Gasteiger partial charge in [0.15, 0.2) is 5.79 Å². The van der Waals surface area contributed by atoms with E-state index >= 15 is 0 Å². The van der Waals surface area contributed by atoms with Crippen LogP contribution in [-0.2, 0) is 36.7 Å². The molecular formula is C43H58O8Si. The number of carbonyl (C=O) groups excluding carboxylic acids is 2. The maximum absolute atomic E-state index is 13.3. The predicted molar refractivity (Wildman–Crippen MR) is 208 cm³/mol. The smallest absolute Gasteiger partial charge is 0.338 e. The van der Waals surface area contributed by atoms with E-state index < -0.39 is 32.0 Å². The Balaban J connectivity index is 1.46. The van der Waals surface area contributed by atoms with Gasteiger partial charge in [-0.3, -0.25) is 0 Å². The summed E-state index contributed by atoms with van der Waals surface area (Å²) in [5.74, 6) is -0.761. The molecule has 2 unspecified atom stereocenters. The van der Waals surface area contributed by atoms with E-state index in [1.807, 2.05) is 95.3 Å². The third-order valence-electron chi connectivity index (χ3n) is 9.07. The molecular weight excluding hydrogens is 673 g/mol. The molecule has 282 valence electrons. The quantitative estimate of drug-likeness (QED) is 0.0727. The molecule has 0 bridgehead atoms. The molecule has 8 nitrogen and oxygen atoms in total. The van der Waals surface area contributed by atoms with Crippen LogP contribution in [0.2, 0.25) is 25.7 Å². The predicted octanol–water partition coefficient (Wildman–Crippen LogP) is 9.43. The van der Waals surface area contributed by atoms with Gasteiger partial charge in [-0.1, -0.05) is 73.7 Å². The topological polar surface area (TPSA) is 89.5 Å². The van der Waals surface area contributed by atoms with Crippen LogP contribution < -0.4 is 4.74 Å². The lowest BCUT2D eigenvalue weighted by Crippen LogP contribution is -2.37. The molecule has 0 spiro atoms. The molecule has 1 heterocycles. The highest BCUT2D eigenvalue weighted by Gasteiger charge is 2.45. The van der Waals surface area contributed by atoms with E-state index in [0.717, 1.165) is 40.5 Å². The Bertz CT molecular complexity index is 1630. The Labute approximate surface area is 311 Å². The second-order valence-electron chi connectivity index (χ2n) is 15.5. The molecule has 0 saturated carbocycles. The van der Waals surface area contributed by atoms with Gasteiger partial charge in [0.2, 0.25) is 0 Å². The first-order chi connectivity index (χ1) is 24.6. The van der Waals surface area contributed by atoms with Gasteiger partial charge in [0.05, 0.1) is 43.7 Å². The number of carbonyl (C=O) groups is 2. The summed E-state index contributed by atoms with van der Waals surface area (Å²) in [5, 5.41) is 0. The minimum Gasteiger partial charge on any atom is -0.497 e. The normalized spacial score (nSPS) is 18.2. The Morgan fingerprint density at radius 3 is 2.35 bits per heavy atom. The van der Waals surface area contributed by atoms with Crippen molar-refractivity contribution in [2.45, 2.75) is 123 Å². The summed E-state index contributed by atoms with van der Waals surface area (Å²) in [6, 6.07) is 21.8. The minimum atomic E-state index is -1.34. The highest BCUT2D eigenvalue weighted by atomic mass is 28.3. The number of methoxy groups -OCH3 is 1. The van der Waals surface area contributed by atoms with Gasteiger partial charge >= 0.3 is 11.9 Å². The van der Waals surface area contributed by atoms with Crippen molar-refractivity contribution >= 4 is 20.0 Å². The van der Waals surface area contributed by atoms with Gasteiger partial charge in [0.1, 0.15) is 18.0 Å². The van der Waals surface area contributed by atoms with Gasteiger partial charge in [0, 0.05) is 8.07 Å². The lowest BCUT2D eigenvalue weighted by molar-refractivity contribution is -0.153. The molecule has 3 aromatic carbocycles. The fraction of sp³-hybridized carbons (Fsp3) is 0.488. The second-order valence-corrected chi connectivity index (χ2v) is 21.1. The van der Waals surface area contributed by atoms with Gasteiger partial charge in [-0.25, -0.2) is 9.59 Å². The van der Waals surface area contributed by atoms with Crippen molar-refractivity contribution in [3.8, 4) is 5.75 Å². The number of esters is 2. The van der Waals surface area contributed by atoms with Crippen LogP contribution >= 0.6 is 0 Å². The first kappa shape index (κ1) is 41.0. The molecule has 0 amide bonds. The summed E-state index contributed by atoms with van der Waals surface area (Å²) < 4.78 is 36.2. The molecule has 3 aromatic rings. The summed E-state index contributed by atoms with van der Waals surface area (Å²) in [6.07, 6.45) is 4.87. The van der Waals surface area contributed by atoms with Crippen LogP contribution in [0.25, 0.3) is 0 Å². The van der Waals surface area contributed by atoms with Crippen molar-refractivity contribution in [2.75, 3.05) is 13.7 Å². The summed E-state index contributed by atoms with van der Waals surface area (Å²) >= 11 is 0. The van der Waals surface area contributed by atoms with Gasteiger partial charge in [-0.05, 0) is 113 Å². The van der Waals surface area contributed by atoms with Crippen LogP contribution in [-0.4, -0.2) is 63.9 Å². The van der Waals surface area contributed by atoms with Crippen LogP contribution in [0.5, 0.6) is 5.75 Å². The van der Waals surface area contributed by atoms with Crippen molar-refractivity contribution in [1.82, 2.24) is 0 Å². The lowest BCUT2D eigenvalue weighted by atomic mass is 9.93. The van der Waals surface area contributed by atoms with E-state index in [0.29, 0.717) is 43.6 Å². The van der Waals surface area contributed by atoms with E-state index in [-0.39, 0.29) is 18.2 Å². The zero-order valence-corrected chi connectivity index (χ0v) is 33.5. The van der Waals surface area contributed by atoms with Crippen molar-refractivity contribution in [3.63, 3.8) is 0 Å². The molecule has 1 fully saturated rings. The van der Waals surface area contributed by atoms with Gasteiger partial charge in [0.25, 0.3) is 0 Å². The number of ether oxygens (including phenoxy) is 6. The summed E-state index contributed by atoms with van der Waals surface area (Å²) in [5.41, 5.74) is 5.17. The molecule has 52 heavy (non-hydrogen) atoms. The average molecular weight is 731 g/mol. The van der Waals surface area contributed by atoms with Crippen LogP contribution in [0, 0.1) is 13.8 Å². The number of hydrogen-bond donors (Lipinski definition) is 0. The van der Waals surface area contributed by atoms with Crippen LogP contribution in [0.15, 0.2) is 78.9 Å². The fourth-order valence-corrected chi connectivity index (χ4v) is 7.05. The second kappa shape index (κ2) is 18.8. The largest absolute Gasteiger partial charge is 0.497 e. The molecule has 4 atom stereocenters. The van der Waals surface area contributed by atoms with Crippen molar-refractivity contribution in [3.05, 3.63) is 112 Å². The first-order valence-electron chi connectivity index (χ1n) is 18.4. The molecule has 0 N–H and O–H groups in total.